The molecular formula is C10H11N5S. The lowest BCUT2D eigenvalue weighted by atomic mass is 10.2. The number of fused-ring (bicyclic) bond motifs is 1. The highest BCUT2D eigenvalue weighted by Gasteiger charge is 2.14. The zero-order valence-corrected chi connectivity index (χ0v) is 9.46. The Morgan fingerprint density at radius 2 is 2.25 bits per heavy atom. The van der Waals surface area contributed by atoms with Crippen LogP contribution >= 0.6 is 11.3 Å². The van der Waals surface area contributed by atoms with Crippen LogP contribution in [0.5, 0.6) is 0 Å². The molecule has 1 unspecified atom stereocenters. The molecular weight excluding hydrogens is 222 g/mol. The van der Waals surface area contributed by atoms with Gasteiger partial charge in [0.05, 0.1) is 6.54 Å². The van der Waals surface area contributed by atoms with Crippen molar-refractivity contribution in [1.29, 1.82) is 0 Å². The second-order valence-corrected chi connectivity index (χ2v) is 4.92. The molecule has 82 valence electrons. The summed E-state index contributed by atoms with van der Waals surface area (Å²) < 4.78 is 8.62. The van der Waals surface area contributed by atoms with Gasteiger partial charge in [0.15, 0.2) is 0 Å². The third kappa shape index (κ3) is 1.71. The van der Waals surface area contributed by atoms with Gasteiger partial charge in [-0.2, -0.15) is 10.2 Å². The SMILES string of the molecule is C1=NN(N=N[SH]2N=Cc3ccccc32)CC1. The van der Waals surface area contributed by atoms with E-state index in [9.17, 15) is 0 Å². The monoisotopic (exact) mass is 233 g/mol. The Morgan fingerprint density at radius 3 is 3.12 bits per heavy atom. The van der Waals surface area contributed by atoms with Gasteiger partial charge in [-0.3, -0.25) is 0 Å². The molecule has 0 bridgehead atoms. The van der Waals surface area contributed by atoms with Crippen LogP contribution in [0.15, 0.2) is 48.4 Å². The summed E-state index contributed by atoms with van der Waals surface area (Å²) >= 11 is -0.865. The van der Waals surface area contributed by atoms with Crippen LogP contribution < -0.4 is 0 Å². The number of benzene rings is 1. The second-order valence-electron chi connectivity index (χ2n) is 3.45. The molecule has 5 nitrogen and oxygen atoms in total. The van der Waals surface area contributed by atoms with Crippen molar-refractivity contribution >= 4 is 23.7 Å². The number of hydrazone groups is 1. The Morgan fingerprint density at radius 1 is 1.31 bits per heavy atom. The molecule has 16 heavy (non-hydrogen) atoms. The predicted octanol–water partition coefficient (Wildman–Crippen LogP) is 2.37. The number of hydrogen-bond acceptors (Lipinski definition) is 4. The van der Waals surface area contributed by atoms with Crippen LogP contribution in [-0.2, 0) is 0 Å². The Balaban J connectivity index is 1.78. The van der Waals surface area contributed by atoms with E-state index < -0.39 is 11.3 Å². The van der Waals surface area contributed by atoms with Crippen LogP contribution in [0.2, 0.25) is 0 Å². The van der Waals surface area contributed by atoms with Gasteiger partial charge in [0.2, 0.25) is 0 Å². The smallest absolute Gasteiger partial charge is 0.0674 e. The number of rotatable bonds is 2. The average molecular weight is 233 g/mol. The quantitative estimate of drug-likeness (QED) is 0.618. The van der Waals surface area contributed by atoms with E-state index in [-0.39, 0.29) is 0 Å². The van der Waals surface area contributed by atoms with Gasteiger partial charge in [-0.05, 0) is 22.6 Å². The fourth-order valence-electron chi connectivity index (χ4n) is 1.56. The Bertz CT molecular complexity index is 482. The lowest BCUT2D eigenvalue weighted by Crippen LogP contribution is -2.03. The maximum absolute atomic E-state index is 4.37. The first-order chi connectivity index (χ1) is 7.93. The molecule has 0 N–H and O–H groups in total. The molecule has 0 spiro atoms. The maximum atomic E-state index is 4.37. The van der Waals surface area contributed by atoms with Crippen molar-refractivity contribution in [3.8, 4) is 0 Å². The average Bonchev–Trinajstić information content (AvgIpc) is 2.96. The number of hydrogen-bond donors (Lipinski definition) is 1. The summed E-state index contributed by atoms with van der Waals surface area (Å²) in [5.41, 5.74) is 1.15. The minimum atomic E-state index is -0.865. The van der Waals surface area contributed by atoms with Gasteiger partial charge >= 0.3 is 0 Å². The minimum Gasteiger partial charge on any atom is -0.221 e. The van der Waals surface area contributed by atoms with E-state index in [0.29, 0.717) is 0 Å². The van der Waals surface area contributed by atoms with E-state index in [1.165, 1.54) is 4.90 Å². The molecule has 2 aliphatic rings. The third-order valence-electron chi connectivity index (χ3n) is 2.36. The van der Waals surface area contributed by atoms with Crippen molar-refractivity contribution in [2.24, 2.45) is 19.2 Å². The van der Waals surface area contributed by atoms with Crippen molar-refractivity contribution in [2.75, 3.05) is 6.54 Å². The summed E-state index contributed by atoms with van der Waals surface area (Å²) in [7, 11) is 0. The molecule has 0 amide bonds. The molecule has 0 saturated carbocycles. The normalized spacial score (nSPS) is 24.5. The largest absolute Gasteiger partial charge is 0.221 e. The molecule has 0 aliphatic carbocycles. The molecule has 0 fully saturated rings. The van der Waals surface area contributed by atoms with Crippen LogP contribution in [0.25, 0.3) is 0 Å². The first kappa shape index (κ1) is 9.53. The molecule has 3 rings (SSSR count). The van der Waals surface area contributed by atoms with Crippen LogP contribution in [0.1, 0.15) is 12.0 Å². The van der Waals surface area contributed by atoms with E-state index in [0.717, 1.165) is 18.5 Å². The van der Waals surface area contributed by atoms with Gasteiger partial charge in [0.25, 0.3) is 0 Å². The van der Waals surface area contributed by atoms with Gasteiger partial charge in [-0.25, -0.2) is 4.40 Å². The van der Waals surface area contributed by atoms with Crippen LogP contribution in [0.3, 0.4) is 0 Å². The summed E-state index contributed by atoms with van der Waals surface area (Å²) in [6.45, 7) is 0.817. The molecule has 6 heteroatoms. The van der Waals surface area contributed by atoms with Crippen molar-refractivity contribution < 1.29 is 0 Å². The predicted molar refractivity (Wildman–Crippen MR) is 66.0 cm³/mol. The fourth-order valence-corrected chi connectivity index (χ4v) is 2.82. The molecule has 0 radical (unpaired) electrons. The first-order valence-electron chi connectivity index (χ1n) is 5.08. The van der Waals surface area contributed by atoms with Crippen LogP contribution in [-0.4, -0.2) is 24.1 Å². The molecule has 0 aromatic heterocycles. The van der Waals surface area contributed by atoms with Gasteiger partial charge in [0.1, 0.15) is 0 Å². The van der Waals surface area contributed by atoms with E-state index in [1.807, 2.05) is 30.6 Å². The van der Waals surface area contributed by atoms with Crippen molar-refractivity contribution in [2.45, 2.75) is 11.3 Å². The number of nitrogens with zero attached hydrogens (tertiary/aromatic N) is 5. The molecule has 1 atom stereocenters. The molecule has 1 aromatic carbocycles. The lowest BCUT2D eigenvalue weighted by molar-refractivity contribution is 0.318. The summed E-state index contributed by atoms with van der Waals surface area (Å²) in [5.74, 6) is 0. The second kappa shape index (κ2) is 4.05. The summed E-state index contributed by atoms with van der Waals surface area (Å²) in [4.78, 5) is 1.17. The van der Waals surface area contributed by atoms with Gasteiger partial charge in [-0.15, -0.1) is 0 Å². The van der Waals surface area contributed by atoms with E-state index in [2.05, 4.69) is 25.3 Å². The highest BCUT2D eigenvalue weighted by molar-refractivity contribution is 8.15. The number of thiol groups is 1. The highest BCUT2D eigenvalue weighted by atomic mass is 32.2. The highest BCUT2D eigenvalue weighted by Crippen LogP contribution is 2.44. The van der Waals surface area contributed by atoms with E-state index in [4.69, 9.17) is 0 Å². The van der Waals surface area contributed by atoms with Crippen LogP contribution in [0, 0.1) is 0 Å². The van der Waals surface area contributed by atoms with Crippen molar-refractivity contribution in [3.63, 3.8) is 0 Å². The topological polar surface area (TPSA) is 52.7 Å². The molecule has 0 saturated heterocycles. The lowest BCUT2D eigenvalue weighted by Gasteiger charge is -2.08. The molecule has 1 aromatic rings. The molecule has 2 heterocycles. The zero-order valence-electron chi connectivity index (χ0n) is 8.56. The zero-order chi connectivity index (χ0) is 10.8. The summed E-state index contributed by atoms with van der Waals surface area (Å²) in [6.07, 6.45) is 4.66. The van der Waals surface area contributed by atoms with Gasteiger partial charge < -0.3 is 0 Å². The molecule has 2 aliphatic heterocycles. The van der Waals surface area contributed by atoms with Gasteiger partial charge in [0, 0.05) is 29.3 Å². The standard InChI is InChI=1S/C10H11N5S/c1-2-5-10-9(4-1)8-12-16(10)14-13-15-7-3-6-11-15/h1-2,4-6,8,16H,3,7H2. The Kier molecular flexibility index (Phi) is 2.41. The fraction of sp³-hybridized carbons (Fsp3) is 0.200. The van der Waals surface area contributed by atoms with E-state index >= 15 is 0 Å². The maximum Gasteiger partial charge on any atom is 0.0674 e. The third-order valence-corrected chi connectivity index (χ3v) is 3.78. The first-order valence-corrected chi connectivity index (χ1v) is 6.33. The Labute approximate surface area is 96.2 Å². The summed E-state index contributed by atoms with van der Waals surface area (Å²) in [6, 6.07) is 8.11. The minimum absolute atomic E-state index is 0.817. The van der Waals surface area contributed by atoms with E-state index in [1.54, 1.807) is 5.12 Å². The Hall–Kier alpha value is -1.69. The van der Waals surface area contributed by atoms with Crippen molar-refractivity contribution in [1.82, 2.24) is 5.12 Å². The van der Waals surface area contributed by atoms with Gasteiger partial charge in [-0.1, -0.05) is 22.7 Å². The van der Waals surface area contributed by atoms with Crippen molar-refractivity contribution in [3.05, 3.63) is 29.8 Å². The summed E-state index contributed by atoms with van der Waals surface area (Å²) in [5, 5.41) is 9.75. The van der Waals surface area contributed by atoms with Crippen LogP contribution in [0.4, 0.5) is 0 Å².